The van der Waals surface area contributed by atoms with Crippen LogP contribution in [-0.2, 0) is 11.8 Å². The fourth-order valence-electron chi connectivity index (χ4n) is 2.47. The summed E-state index contributed by atoms with van der Waals surface area (Å²) in [6.45, 7) is 6.78. The molecule has 0 bridgehead atoms. The summed E-state index contributed by atoms with van der Waals surface area (Å²) in [4.78, 5) is 0. The van der Waals surface area contributed by atoms with E-state index in [4.69, 9.17) is 5.73 Å². The van der Waals surface area contributed by atoms with Gasteiger partial charge in [0.1, 0.15) is 0 Å². The van der Waals surface area contributed by atoms with Crippen LogP contribution in [0, 0.1) is 0 Å². The molecule has 1 unspecified atom stereocenters. The highest BCUT2D eigenvalue weighted by atomic mass is 14.6. The Morgan fingerprint density at radius 3 is 2.62 bits per heavy atom. The first kappa shape index (κ1) is 11.7. The Bertz CT molecular complexity index is 374. The molecule has 1 nitrogen and oxygen atoms in total. The summed E-state index contributed by atoms with van der Waals surface area (Å²) in [7, 11) is 0. The van der Waals surface area contributed by atoms with Gasteiger partial charge in [0.15, 0.2) is 0 Å². The van der Waals surface area contributed by atoms with E-state index in [0.717, 1.165) is 6.42 Å². The lowest BCUT2D eigenvalue weighted by molar-refractivity contribution is 0.583. The second-order valence-corrected chi connectivity index (χ2v) is 6.02. The second kappa shape index (κ2) is 4.21. The van der Waals surface area contributed by atoms with Gasteiger partial charge in [-0.05, 0) is 41.4 Å². The Morgan fingerprint density at radius 1 is 1.19 bits per heavy atom. The third-order valence-electron chi connectivity index (χ3n) is 3.62. The first-order valence-corrected chi connectivity index (χ1v) is 6.37. The molecule has 2 rings (SSSR count). The second-order valence-electron chi connectivity index (χ2n) is 6.02. The van der Waals surface area contributed by atoms with Gasteiger partial charge in [-0.15, -0.1) is 0 Å². The van der Waals surface area contributed by atoms with Gasteiger partial charge in [-0.1, -0.05) is 45.4 Å². The molecular formula is C15H23N. The largest absolute Gasteiger partial charge is 0.324 e. The van der Waals surface area contributed by atoms with Gasteiger partial charge in [-0.3, -0.25) is 0 Å². The summed E-state index contributed by atoms with van der Waals surface area (Å²) in [6.07, 6.45) is 4.89. The van der Waals surface area contributed by atoms with Crippen molar-refractivity contribution < 1.29 is 0 Å². The van der Waals surface area contributed by atoms with Crippen LogP contribution in [0.1, 0.15) is 62.8 Å². The van der Waals surface area contributed by atoms with Crippen molar-refractivity contribution >= 4 is 0 Å². The topological polar surface area (TPSA) is 26.0 Å². The molecule has 0 saturated heterocycles. The molecule has 2 N–H and O–H groups in total. The van der Waals surface area contributed by atoms with Crippen molar-refractivity contribution in [2.45, 2.75) is 57.9 Å². The lowest BCUT2D eigenvalue weighted by atomic mass is 9.84. The molecule has 0 fully saturated rings. The molecule has 1 aromatic carbocycles. The van der Waals surface area contributed by atoms with Crippen LogP contribution in [0.5, 0.6) is 0 Å². The average molecular weight is 217 g/mol. The van der Waals surface area contributed by atoms with Crippen LogP contribution < -0.4 is 5.73 Å². The minimum atomic E-state index is 0.223. The number of nitrogens with two attached hydrogens (primary N) is 1. The minimum absolute atomic E-state index is 0.223. The standard InChI is InChI=1S/C15H23N/c1-15(2,3)12-9-8-11-6-4-5-7-14(16)13(11)10-12/h8-10,14H,4-7,16H2,1-3H3. The zero-order valence-electron chi connectivity index (χ0n) is 10.7. The van der Waals surface area contributed by atoms with Gasteiger partial charge in [0.2, 0.25) is 0 Å². The maximum absolute atomic E-state index is 6.26. The minimum Gasteiger partial charge on any atom is -0.324 e. The molecule has 0 aromatic heterocycles. The van der Waals surface area contributed by atoms with E-state index in [0.29, 0.717) is 0 Å². The number of benzene rings is 1. The Morgan fingerprint density at radius 2 is 1.94 bits per heavy atom. The first-order valence-electron chi connectivity index (χ1n) is 6.37. The van der Waals surface area contributed by atoms with Crippen LogP contribution >= 0.6 is 0 Å². The van der Waals surface area contributed by atoms with Crippen LogP contribution in [0.25, 0.3) is 0 Å². The molecule has 0 radical (unpaired) electrons. The third kappa shape index (κ3) is 2.30. The quantitative estimate of drug-likeness (QED) is 0.659. The normalized spacial score (nSPS) is 21.4. The molecule has 16 heavy (non-hydrogen) atoms. The van der Waals surface area contributed by atoms with Crippen molar-refractivity contribution in [1.29, 1.82) is 0 Å². The van der Waals surface area contributed by atoms with Crippen LogP contribution in [0.2, 0.25) is 0 Å². The van der Waals surface area contributed by atoms with E-state index < -0.39 is 0 Å². The van der Waals surface area contributed by atoms with Crippen LogP contribution in [0.3, 0.4) is 0 Å². The molecule has 1 aliphatic carbocycles. The smallest absolute Gasteiger partial charge is 0.0297 e. The van der Waals surface area contributed by atoms with Gasteiger partial charge in [0.05, 0.1) is 0 Å². The van der Waals surface area contributed by atoms with Crippen LogP contribution in [0.4, 0.5) is 0 Å². The highest BCUT2D eigenvalue weighted by Crippen LogP contribution is 2.31. The summed E-state index contributed by atoms with van der Waals surface area (Å²) in [5.41, 5.74) is 10.8. The molecule has 1 aromatic rings. The van der Waals surface area contributed by atoms with E-state index >= 15 is 0 Å². The maximum Gasteiger partial charge on any atom is 0.0297 e. The number of hydrogen-bond acceptors (Lipinski definition) is 1. The average Bonchev–Trinajstić information content (AvgIpc) is 2.39. The zero-order valence-corrected chi connectivity index (χ0v) is 10.7. The van der Waals surface area contributed by atoms with Gasteiger partial charge in [-0.2, -0.15) is 0 Å². The lowest BCUT2D eigenvalue weighted by Crippen LogP contribution is -2.15. The summed E-state index contributed by atoms with van der Waals surface area (Å²) in [5, 5.41) is 0. The highest BCUT2D eigenvalue weighted by molar-refractivity contribution is 5.37. The van der Waals surface area contributed by atoms with E-state index in [2.05, 4.69) is 39.0 Å². The van der Waals surface area contributed by atoms with Gasteiger partial charge in [0, 0.05) is 6.04 Å². The van der Waals surface area contributed by atoms with Gasteiger partial charge >= 0.3 is 0 Å². The molecular weight excluding hydrogens is 194 g/mol. The Kier molecular flexibility index (Phi) is 3.07. The van der Waals surface area contributed by atoms with Crippen molar-refractivity contribution in [3.05, 3.63) is 34.9 Å². The number of fused-ring (bicyclic) bond motifs is 1. The summed E-state index contributed by atoms with van der Waals surface area (Å²) < 4.78 is 0. The van der Waals surface area contributed by atoms with Crippen molar-refractivity contribution in [2.24, 2.45) is 5.73 Å². The number of hydrogen-bond donors (Lipinski definition) is 1. The van der Waals surface area contributed by atoms with Gasteiger partial charge < -0.3 is 5.73 Å². The predicted octanol–water partition coefficient (Wildman–Crippen LogP) is 3.71. The SMILES string of the molecule is CC(C)(C)c1ccc2c(c1)C(N)CCCC2. The molecule has 0 saturated carbocycles. The maximum atomic E-state index is 6.26. The third-order valence-corrected chi connectivity index (χ3v) is 3.62. The fraction of sp³-hybridized carbons (Fsp3) is 0.600. The summed E-state index contributed by atoms with van der Waals surface area (Å²) in [6, 6.07) is 7.16. The molecule has 0 spiro atoms. The number of rotatable bonds is 0. The van der Waals surface area contributed by atoms with E-state index in [1.807, 2.05) is 0 Å². The highest BCUT2D eigenvalue weighted by Gasteiger charge is 2.19. The molecule has 88 valence electrons. The van der Waals surface area contributed by atoms with Crippen LogP contribution in [-0.4, -0.2) is 0 Å². The molecule has 0 heterocycles. The van der Waals surface area contributed by atoms with Gasteiger partial charge in [0.25, 0.3) is 0 Å². The van der Waals surface area contributed by atoms with E-state index in [-0.39, 0.29) is 11.5 Å². The first-order chi connectivity index (χ1) is 7.48. The zero-order chi connectivity index (χ0) is 11.8. The number of aryl methyl sites for hydroxylation is 1. The van der Waals surface area contributed by atoms with Crippen molar-refractivity contribution in [1.82, 2.24) is 0 Å². The van der Waals surface area contributed by atoms with E-state index in [9.17, 15) is 0 Å². The Balaban J connectivity index is 2.43. The summed E-state index contributed by atoms with van der Waals surface area (Å²) >= 11 is 0. The monoisotopic (exact) mass is 217 g/mol. The molecule has 1 aliphatic rings. The van der Waals surface area contributed by atoms with Crippen molar-refractivity contribution in [3.8, 4) is 0 Å². The van der Waals surface area contributed by atoms with Crippen molar-refractivity contribution in [3.63, 3.8) is 0 Å². The molecule has 1 heteroatoms. The Hall–Kier alpha value is -0.820. The van der Waals surface area contributed by atoms with E-state index in [1.165, 1.54) is 36.0 Å². The molecule has 0 amide bonds. The molecule has 1 atom stereocenters. The van der Waals surface area contributed by atoms with Crippen LogP contribution in [0.15, 0.2) is 18.2 Å². The molecule has 0 aliphatic heterocycles. The Labute approximate surface area is 99.0 Å². The van der Waals surface area contributed by atoms with Gasteiger partial charge in [-0.25, -0.2) is 0 Å². The summed E-state index contributed by atoms with van der Waals surface area (Å²) in [5.74, 6) is 0. The van der Waals surface area contributed by atoms with Crippen molar-refractivity contribution in [2.75, 3.05) is 0 Å². The predicted molar refractivity (Wildman–Crippen MR) is 69.6 cm³/mol. The fourth-order valence-corrected chi connectivity index (χ4v) is 2.47. The van der Waals surface area contributed by atoms with E-state index in [1.54, 1.807) is 0 Å². The lowest BCUT2D eigenvalue weighted by Gasteiger charge is -2.22.